The Kier molecular flexibility index (Phi) is 34.1. The summed E-state index contributed by atoms with van der Waals surface area (Å²) in [4.78, 5) is 105. The van der Waals surface area contributed by atoms with Crippen molar-refractivity contribution in [1.82, 2.24) is 83.4 Å². The molecule has 45 heteroatoms. The number of anilines is 3. The lowest BCUT2D eigenvalue weighted by atomic mass is 10.00. The highest BCUT2D eigenvalue weighted by Gasteiger charge is 2.40. The van der Waals surface area contributed by atoms with Gasteiger partial charge >= 0.3 is 11.9 Å². The first-order valence-electron chi connectivity index (χ1n) is 43.9. The number of hydrogen-bond donors (Lipinski definition) is 5. The van der Waals surface area contributed by atoms with E-state index in [2.05, 4.69) is 124 Å². The maximum Gasteiger partial charge on any atom is 0.339 e. The van der Waals surface area contributed by atoms with Gasteiger partial charge in [0.05, 0.1) is 153 Å². The maximum absolute atomic E-state index is 12.5. The van der Waals surface area contributed by atoms with Crippen molar-refractivity contribution in [2.75, 3.05) is 93.3 Å². The zero-order chi connectivity index (χ0) is 98.5. The van der Waals surface area contributed by atoms with E-state index in [0.29, 0.717) is 139 Å². The Hall–Kier alpha value is -10.9. The van der Waals surface area contributed by atoms with Gasteiger partial charge in [0, 0.05) is 147 Å². The van der Waals surface area contributed by atoms with Crippen molar-refractivity contribution in [1.29, 1.82) is 0 Å². The smallest absolute Gasteiger partial charge is 0.339 e. The molecule has 0 spiro atoms. The third kappa shape index (κ3) is 22.8. The highest BCUT2D eigenvalue weighted by atomic mass is 35.5. The van der Waals surface area contributed by atoms with Crippen LogP contribution in [0.2, 0.25) is 5.28 Å². The number of benzene rings is 4. The van der Waals surface area contributed by atoms with Gasteiger partial charge < -0.3 is 68.2 Å². The number of esters is 2. The lowest BCUT2D eigenvalue weighted by molar-refractivity contribution is -0.300. The lowest BCUT2D eigenvalue weighted by Crippen LogP contribution is -2.42. The van der Waals surface area contributed by atoms with E-state index < -0.39 is 51.3 Å². The van der Waals surface area contributed by atoms with E-state index in [0.717, 1.165) is 105 Å². The summed E-state index contributed by atoms with van der Waals surface area (Å²) in [5.74, 6) is 4.46. The molecule has 16 rings (SSSR count). The fraction of sp³-hybridized carbons (Fsp3) is 0.495. The Morgan fingerprint density at radius 3 is 0.993 bits per heavy atom. The highest BCUT2D eigenvalue weighted by Crippen LogP contribution is 2.43. The number of halogens is 1. The SMILES string of the molecule is C.CCOOCc1cnc(Cl)nc1C.CCOOCc1cnc(N2CCn3c(nc4cc(C(=O)OC)c(S(C)(=O)=O)cc43)[C@H]2C(C)C)nc1C.COC(=O)c1cc2nc3n(c2cc1S(C)(=O)=O)CCN[C@@H]3C(C)C.Cc1nc(N2CCn3c(nc4cc(CO)c(S(C)(=O)=O)cc43)[C@@H]2C(C)C)ncc1CO.Cc1nc(N2CCn3c(nc4cc(CO)c(S(C)(=O)=O)cc43)[C@H]2C(C)C)ncc1CO. The summed E-state index contributed by atoms with van der Waals surface area (Å²) in [7, 11) is -11.8. The van der Waals surface area contributed by atoms with Gasteiger partial charge in [-0.1, -0.05) is 62.8 Å². The molecule has 12 heterocycles. The molecule has 0 amide bonds. The van der Waals surface area contributed by atoms with Crippen LogP contribution in [0.15, 0.2) is 92.9 Å². The molecule has 0 saturated carbocycles. The second-order valence-electron chi connectivity index (χ2n) is 34.5. The first-order valence-corrected chi connectivity index (χ1v) is 51.8. The average Bonchev–Trinajstić information content (AvgIpc) is 1.57. The number of hydrogen-bond acceptors (Lipinski definition) is 36. The van der Waals surface area contributed by atoms with Crippen LogP contribution in [0.5, 0.6) is 0 Å². The Balaban J connectivity index is 0.000000167. The Morgan fingerprint density at radius 2 is 0.699 bits per heavy atom. The second-order valence-corrected chi connectivity index (χ2v) is 42.8. The summed E-state index contributed by atoms with van der Waals surface area (Å²) in [6.07, 6.45) is 11.1. The fourth-order valence-electron chi connectivity index (χ4n) is 17.1. The Bertz CT molecular complexity index is 6720. The molecule has 0 fully saturated rings. The van der Waals surface area contributed by atoms with Crippen LogP contribution in [0.4, 0.5) is 17.8 Å². The number of fused-ring (bicyclic) bond motifs is 12. The van der Waals surface area contributed by atoms with Crippen LogP contribution in [0.25, 0.3) is 44.1 Å². The molecule has 12 aromatic rings. The molecule has 8 aromatic heterocycles. The number of carbonyl (C=O) groups is 2. The molecule has 4 aromatic carbocycles. The fourth-order valence-corrected chi connectivity index (χ4v) is 20.8. The summed E-state index contributed by atoms with van der Waals surface area (Å²) in [6, 6.07) is 12.3. The number of aryl methyl sites for hydroxylation is 4. The Morgan fingerprint density at radius 1 is 0.397 bits per heavy atom. The topological polar surface area (TPSA) is 503 Å². The largest absolute Gasteiger partial charge is 0.465 e. The normalized spacial score (nSPS) is 16.1. The highest BCUT2D eigenvalue weighted by molar-refractivity contribution is 7.91. The van der Waals surface area contributed by atoms with Gasteiger partial charge in [0.2, 0.25) is 23.1 Å². The van der Waals surface area contributed by atoms with E-state index in [1.54, 1.807) is 49.1 Å². The van der Waals surface area contributed by atoms with Crippen LogP contribution in [0.1, 0.15) is 201 Å². The number of sulfone groups is 4. The van der Waals surface area contributed by atoms with Crippen LogP contribution in [-0.4, -0.2) is 223 Å². The number of carbonyl (C=O) groups excluding carboxylic acids is 2. The maximum atomic E-state index is 12.5. The van der Waals surface area contributed by atoms with Crippen LogP contribution in [0.3, 0.4) is 0 Å². The quantitative estimate of drug-likeness (QED) is 0.0117. The van der Waals surface area contributed by atoms with Gasteiger partial charge in [-0.05, 0) is 136 Å². The molecule has 5 N–H and O–H groups in total. The summed E-state index contributed by atoms with van der Waals surface area (Å²) in [5, 5.41) is 41.9. The van der Waals surface area contributed by atoms with E-state index in [-0.39, 0.29) is 118 Å². The summed E-state index contributed by atoms with van der Waals surface area (Å²) in [6.45, 7) is 33.7. The third-order valence-corrected chi connectivity index (χ3v) is 28.5. The zero-order valence-corrected chi connectivity index (χ0v) is 83.2. The van der Waals surface area contributed by atoms with E-state index in [9.17, 15) is 63.7 Å². The zero-order valence-electron chi connectivity index (χ0n) is 79.2. The molecule has 0 radical (unpaired) electrons. The molecule has 136 heavy (non-hydrogen) atoms. The van der Waals surface area contributed by atoms with Crippen molar-refractivity contribution < 1.29 is 92.7 Å². The van der Waals surface area contributed by atoms with Crippen molar-refractivity contribution in [2.45, 2.75) is 214 Å². The number of imidazole rings is 4. The molecule has 4 aliphatic rings. The van der Waals surface area contributed by atoms with E-state index in [1.807, 2.05) is 50.7 Å². The lowest BCUT2D eigenvalue weighted by Gasteiger charge is -2.38. The van der Waals surface area contributed by atoms with Crippen molar-refractivity contribution in [2.24, 2.45) is 23.7 Å². The molecule has 0 saturated heterocycles. The first-order chi connectivity index (χ1) is 63.8. The molecule has 0 bridgehead atoms. The number of aliphatic hydroxyl groups is 4. The number of nitrogens with one attached hydrogen (secondary N) is 1. The molecule has 4 aliphatic heterocycles. The van der Waals surface area contributed by atoms with Gasteiger partial charge in [-0.3, -0.25) is 0 Å². The van der Waals surface area contributed by atoms with Gasteiger partial charge in [0.15, 0.2) is 39.3 Å². The van der Waals surface area contributed by atoms with Gasteiger partial charge in [0.1, 0.15) is 36.5 Å². The average molecular weight is 1980 g/mol. The Labute approximate surface area is 796 Å². The second kappa shape index (κ2) is 43.9. The van der Waals surface area contributed by atoms with Crippen molar-refractivity contribution >= 4 is 125 Å². The van der Waals surface area contributed by atoms with E-state index in [1.165, 1.54) is 38.5 Å². The molecule has 0 unspecified atom stereocenters. The van der Waals surface area contributed by atoms with Crippen LogP contribution >= 0.6 is 11.6 Å². The number of methoxy groups -OCH3 is 2. The molecular formula is C91H121ClN20O20S4. The molecule has 40 nitrogen and oxygen atoms in total. The first kappa shape index (κ1) is 106. The minimum absolute atomic E-state index is 0. The minimum Gasteiger partial charge on any atom is -0.465 e. The number of aliphatic hydroxyl groups excluding tert-OH is 4. The van der Waals surface area contributed by atoms with E-state index in [4.69, 9.17) is 60.6 Å². The van der Waals surface area contributed by atoms with Crippen molar-refractivity contribution in [3.8, 4) is 0 Å². The predicted molar refractivity (Wildman–Crippen MR) is 510 cm³/mol. The van der Waals surface area contributed by atoms with Crippen LogP contribution < -0.4 is 20.0 Å². The summed E-state index contributed by atoms with van der Waals surface area (Å²) >= 11 is 5.58. The van der Waals surface area contributed by atoms with Gasteiger partial charge in [-0.15, -0.1) is 0 Å². The van der Waals surface area contributed by atoms with Gasteiger partial charge in [0.25, 0.3) is 0 Å². The predicted octanol–water partition coefficient (Wildman–Crippen LogP) is 10.6. The standard InChI is InChI=1S/C24H31N5O6S.2C21H27N5O4S.C16H21N3O4S.C8H11ClN2O2.CH4/c1-7-34-35-13-16-12-25-24(26-15(16)4)29-9-8-28-19-11-20(36(6,31)32)17(23(30)33-5)10-18(19)27-22(28)21(29)14(2)3;2*1-12(2)19-20-24-16-7-14(10-27)18(31(4,29)30)8-17(16)25(20)5-6-26(19)21-22-9-15(11-28)13(3)23-21;1-9(2)14-15-18-11-7-10(16(20)23-3)13(24(4,21)22)8-12(11)19(15)6-5-17-14;1-3-12-13-5-7-4-10-8(9)11-6(7)2;/h10-12,14,21H,7-9,13H2,1-6H3;2*7-9,12,19,27-28H,5-6,10-11H2,1-4H3;7-9,14,17H,5-6H2,1-4H3;4H,3,5H2,1-2H3;1H4/t21-;2*19-;14-;;/m1101../s1. The van der Waals surface area contributed by atoms with Gasteiger partial charge in [-0.2, -0.15) is 0 Å². The van der Waals surface area contributed by atoms with Crippen LogP contribution in [-0.2, 0) is 134 Å². The van der Waals surface area contributed by atoms with Crippen molar-refractivity contribution in [3.63, 3.8) is 0 Å². The molecule has 0 aliphatic carbocycles. The molecule has 4 atom stereocenters. The summed E-state index contributed by atoms with van der Waals surface area (Å²) < 4.78 is 116. The summed E-state index contributed by atoms with van der Waals surface area (Å²) in [5.41, 5.74) is 12.2. The number of rotatable bonds is 25. The van der Waals surface area contributed by atoms with Gasteiger partial charge in [-0.25, -0.2) is 123 Å². The molecular weight excluding hydrogens is 1860 g/mol. The molecule has 736 valence electrons. The number of aromatic nitrogens is 16. The third-order valence-electron chi connectivity index (χ3n) is 23.7. The number of nitrogens with zero attached hydrogens (tertiary/aromatic N) is 19. The monoisotopic (exact) mass is 1980 g/mol. The van der Waals surface area contributed by atoms with Crippen LogP contribution in [0, 0.1) is 51.4 Å². The number of ether oxygens (including phenoxy) is 2. The van der Waals surface area contributed by atoms with E-state index >= 15 is 0 Å². The minimum atomic E-state index is -3.68. The van der Waals surface area contributed by atoms with Crippen molar-refractivity contribution in [3.05, 3.63) is 169 Å².